The lowest BCUT2D eigenvalue weighted by molar-refractivity contribution is 0.0160. The van der Waals surface area contributed by atoms with Crippen molar-refractivity contribution in [1.29, 1.82) is 0 Å². The van der Waals surface area contributed by atoms with Gasteiger partial charge in [0.25, 0.3) is 6.43 Å². The van der Waals surface area contributed by atoms with E-state index in [4.69, 9.17) is 0 Å². The molecule has 4 heteroatoms. The molecule has 1 atom stereocenters. The third-order valence-electron chi connectivity index (χ3n) is 3.88. The van der Waals surface area contributed by atoms with Crippen LogP contribution in [0.2, 0.25) is 0 Å². The molecule has 0 aliphatic heterocycles. The maximum Gasteiger partial charge on any atom is 0.267 e. The molecule has 0 aromatic heterocycles. The van der Waals surface area contributed by atoms with E-state index >= 15 is 0 Å². The van der Waals surface area contributed by atoms with Crippen LogP contribution in [0, 0.1) is 0 Å². The summed E-state index contributed by atoms with van der Waals surface area (Å²) in [6.45, 7) is 5.72. The maximum absolute atomic E-state index is 12.7. The van der Waals surface area contributed by atoms with E-state index in [1.165, 1.54) is 0 Å². The summed E-state index contributed by atoms with van der Waals surface area (Å²) in [5, 5.41) is 9.61. The summed E-state index contributed by atoms with van der Waals surface area (Å²) in [5.74, 6) is 0. The largest absolute Gasteiger partial charge is 0.383 e. The fourth-order valence-corrected chi connectivity index (χ4v) is 2.31. The number of aliphatic hydroxyl groups is 1. The maximum atomic E-state index is 12.7. The Kier molecular flexibility index (Phi) is 7.25. The van der Waals surface area contributed by atoms with Gasteiger partial charge in [0, 0.05) is 18.4 Å². The zero-order valence-corrected chi connectivity index (χ0v) is 13.7. The standard InChI is InChI=1S/C18H25F2NO/c1-5-14(12-15(6-2)17(22)18(19)20)13(3)21(4)16-10-8-7-9-11-16/h7-12,17-18,22H,5-6H2,1-4H3/b14-13+,15-12+. The molecule has 2 nitrogen and oxygen atoms in total. The first-order valence-corrected chi connectivity index (χ1v) is 7.57. The van der Waals surface area contributed by atoms with Crippen LogP contribution < -0.4 is 4.90 Å². The van der Waals surface area contributed by atoms with Crippen LogP contribution in [0.25, 0.3) is 0 Å². The number of benzene rings is 1. The second-order valence-corrected chi connectivity index (χ2v) is 5.21. The number of hydrogen-bond donors (Lipinski definition) is 1. The van der Waals surface area contributed by atoms with Crippen LogP contribution in [-0.4, -0.2) is 24.7 Å². The van der Waals surface area contributed by atoms with Gasteiger partial charge in [-0.3, -0.25) is 0 Å². The molecule has 1 N–H and O–H groups in total. The molecule has 1 unspecified atom stereocenters. The number of hydrogen-bond acceptors (Lipinski definition) is 2. The number of alkyl halides is 2. The van der Waals surface area contributed by atoms with E-state index in [2.05, 4.69) is 0 Å². The summed E-state index contributed by atoms with van der Waals surface area (Å²) >= 11 is 0. The van der Waals surface area contributed by atoms with Crippen molar-refractivity contribution < 1.29 is 13.9 Å². The van der Waals surface area contributed by atoms with Gasteiger partial charge in [-0.15, -0.1) is 0 Å². The van der Waals surface area contributed by atoms with E-state index in [0.29, 0.717) is 18.4 Å². The van der Waals surface area contributed by atoms with Crippen molar-refractivity contribution in [2.24, 2.45) is 0 Å². The summed E-state index contributed by atoms with van der Waals surface area (Å²) < 4.78 is 25.5. The highest BCUT2D eigenvalue weighted by Gasteiger charge is 2.20. The zero-order chi connectivity index (χ0) is 16.7. The third kappa shape index (κ3) is 4.67. The van der Waals surface area contributed by atoms with Gasteiger partial charge in [-0.05, 0) is 43.0 Å². The van der Waals surface area contributed by atoms with Crippen LogP contribution in [0.3, 0.4) is 0 Å². The minimum absolute atomic E-state index is 0.368. The number of allylic oxidation sites excluding steroid dienone is 3. The molecule has 1 aromatic rings. The van der Waals surface area contributed by atoms with Crippen molar-refractivity contribution in [1.82, 2.24) is 0 Å². The van der Waals surface area contributed by atoms with Crippen LogP contribution in [0.5, 0.6) is 0 Å². The highest BCUT2D eigenvalue weighted by Crippen LogP contribution is 2.24. The van der Waals surface area contributed by atoms with Crippen molar-refractivity contribution in [2.45, 2.75) is 46.1 Å². The Morgan fingerprint density at radius 1 is 1.18 bits per heavy atom. The van der Waals surface area contributed by atoms with E-state index in [1.807, 2.05) is 56.1 Å². The lowest BCUT2D eigenvalue weighted by Crippen LogP contribution is -2.21. The van der Waals surface area contributed by atoms with Crippen molar-refractivity contribution in [2.75, 3.05) is 11.9 Å². The Labute approximate surface area is 131 Å². The van der Waals surface area contributed by atoms with Crippen LogP contribution >= 0.6 is 0 Å². The van der Waals surface area contributed by atoms with Crippen molar-refractivity contribution in [3.63, 3.8) is 0 Å². The SMILES string of the molecule is CC/C(=C\C(CC)=C(/C)N(C)c1ccccc1)C(O)C(F)F. The molecule has 0 fully saturated rings. The van der Waals surface area contributed by atoms with Gasteiger partial charge in [0.05, 0.1) is 0 Å². The average Bonchev–Trinajstić information content (AvgIpc) is 2.55. The number of anilines is 1. The number of para-hydroxylation sites is 1. The molecule has 0 saturated heterocycles. The van der Waals surface area contributed by atoms with Gasteiger partial charge in [0.2, 0.25) is 0 Å². The van der Waals surface area contributed by atoms with E-state index < -0.39 is 12.5 Å². The van der Waals surface area contributed by atoms with Crippen molar-refractivity contribution in [3.05, 3.63) is 53.3 Å². The molecule has 0 bridgehead atoms. The van der Waals surface area contributed by atoms with E-state index in [0.717, 1.165) is 17.0 Å². The lowest BCUT2D eigenvalue weighted by Gasteiger charge is -2.23. The highest BCUT2D eigenvalue weighted by atomic mass is 19.3. The monoisotopic (exact) mass is 309 g/mol. The molecule has 0 spiro atoms. The molecule has 1 rings (SSSR count). The molecular weight excluding hydrogens is 284 g/mol. The van der Waals surface area contributed by atoms with E-state index in [-0.39, 0.29) is 0 Å². The molecule has 22 heavy (non-hydrogen) atoms. The van der Waals surface area contributed by atoms with E-state index in [1.54, 1.807) is 13.0 Å². The summed E-state index contributed by atoms with van der Waals surface area (Å²) in [4.78, 5) is 2.03. The fraction of sp³-hybridized carbons (Fsp3) is 0.444. The average molecular weight is 309 g/mol. The van der Waals surface area contributed by atoms with Gasteiger partial charge >= 0.3 is 0 Å². The zero-order valence-electron chi connectivity index (χ0n) is 13.7. The van der Waals surface area contributed by atoms with Gasteiger partial charge in [-0.1, -0.05) is 38.1 Å². The second-order valence-electron chi connectivity index (χ2n) is 5.21. The summed E-state index contributed by atoms with van der Waals surface area (Å²) in [7, 11) is 1.95. The van der Waals surface area contributed by atoms with Crippen molar-refractivity contribution >= 4 is 5.69 Å². The Morgan fingerprint density at radius 3 is 2.23 bits per heavy atom. The molecule has 0 radical (unpaired) electrons. The summed E-state index contributed by atoms with van der Waals surface area (Å²) in [6.07, 6.45) is -1.62. The quantitative estimate of drug-likeness (QED) is 0.733. The number of rotatable bonds is 7. The molecule has 0 amide bonds. The Balaban J connectivity index is 3.15. The number of aliphatic hydroxyl groups excluding tert-OH is 1. The fourth-order valence-electron chi connectivity index (χ4n) is 2.31. The second kappa shape index (κ2) is 8.69. The Bertz CT molecular complexity index is 523. The van der Waals surface area contributed by atoms with Gasteiger partial charge in [0.15, 0.2) is 0 Å². The molecule has 0 aliphatic carbocycles. The van der Waals surface area contributed by atoms with Crippen LogP contribution in [0.15, 0.2) is 53.3 Å². The molecule has 122 valence electrons. The predicted octanol–water partition coefficient (Wildman–Crippen LogP) is 4.77. The first-order valence-electron chi connectivity index (χ1n) is 7.57. The van der Waals surface area contributed by atoms with Crippen molar-refractivity contribution in [3.8, 4) is 0 Å². The summed E-state index contributed by atoms with van der Waals surface area (Å²) in [6, 6.07) is 9.85. The van der Waals surface area contributed by atoms with Gasteiger partial charge in [-0.2, -0.15) is 0 Å². The van der Waals surface area contributed by atoms with Crippen LogP contribution in [0.4, 0.5) is 14.5 Å². The predicted molar refractivity (Wildman–Crippen MR) is 88.2 cm³/mol. The third-order valence-corrected chi connectivity index (χ3v) is 3.88. The number of halogens is 2. The van der Waals surface area contributed by atoms with Gasteiger partial charge < -0.3 is 10.0 Å². The lowest BCUT2D eigenvalue weighted by atomic mass is 10.0. The summed E-state index contributed by atoms with van der Waals surface area (Å²) in [5.41, 5.74) is 3.34. The highest BCUT2D eigenvalue weighted by molar-refractivity contribution is 5.52. The first kappa shape index (κ1) is 18.4. The minimum atomic E-state index is -2.75. The minimum Gasteiger partial charge on any atom is -0.383 e. The normalized spacial score (nSPS) is 14.8. The Morgan fingerprint density at radius 2 is 1.77 bits per heavy atom. The van der Waals surface area contributed by atoms with Crippen LogP contribution in [-0.2, 0) is 0 Å². The molecule has 1 aromatic carbocycles. The van der Waals surface area contributed by atoms with Gasteiger partial charge in [-0.25, -0.2) is 8.78 Å². The van der Waals surface area contributed by atoms with E-state index in [9.17, 15) is 13.9 Å². The molecule has 0 heterocycles. The first-order chi connectivity index (χ1) is 10.4. The Hall–Kier alpha value is -1.68. The molecular formula is C18H25F2NO. The molecule has 0 aliphatic rings. The van der Waals surface area contributed by atoms with Gasteiger partial charge in [0.1, 0.15) is 6.10 Å². The molecule has 0 saturated carbocycles. The topological polar surface area (TPSA) is 23.5 Å². The smallest absolute Gasteiger partial charge is 0.267 e. The van der Waals surface area contributed by atoms with Crippen LogP contribution in [0.1, 0.15) is 33.6 Å². The number of nitrogens with zero attached hydrogens (tertiary/aromatic N) is 1.